The first kappa shape index (κ1) is 31.4. The van der Waals surface area contributed by atoms with Crippen LogP contribution in [0.15, 0.2) is 35.9 Å². The van der Waals surface area contributed by atoms with Crippen LogP contribution in [-0.2, 0) is 0 Å². The molecule has 0 radical (unpaired) electrons. The quantitative estimate of drug-likeness (QED) is 0.227. The number of halogens is 1. The molecule has 0 amide bonds. The summed E-state index contributed by atoms with van der Waals surface area (Å²) < 4.78 is 0. The van der Waals surface area contributed by atoms with Crippen LogP contribution in [0.25, 0.3) is 5.57 Å². The van der Waals surface area contributed by atoms with Crippen molar-refractivity contribution in [3.63, 3.8) is 0 Å². The zero-order valence-corrected chi connectivity index (χ0v) is 21.3. The molecular formula is C28H52ClN. The molecule has 0 saturated heterocycles. The third-order valence-corrected chi connectivity index (χ3v) is 6.25. The Hall–Kier alpha value is -0.790. The Morgan fingerprint density at radius 2 is 0.933 bits per heavy atom. The lowest BCUT2D eigenvalue weighted by atomic mass is 9.98. The highest BCUT2D eigenvalue weighted by Crippen LogP contribution is 2.22. The van der Waals surface area contributed by atoms with Gasteiger partial charge in [0.25, 0.3) is 0 Å². The Bertz CT molecular complexity index is 495. The van der Waals surface area contributed by atoms with Crippen molar-refractivity contribution in [2.45, 2.75) is 130 Å². The van der Waals surface area contributed by atoms with Crippen molar-refractivity contribution in [2.24, 2.45) is 0 Å². The summed E-state index contributed by atoms with van der Waals surface area (Å²) in [7, 11) is 0. The van der Waals surface area contributed by atoms with E-state index in [1.807, 2.05) is 0 Å². The van der Waals surface area contributed by atoms with Gasteiger partial charge in [0.05, 0.1) is 0 Å². The Balaban J connectivity index is 0. The number of allylic oxidation sites excluding steroid dienone is 2. The minimum absolute atomic E-state index is 0. The topological polar surface area (TPSA) is 35.0 Å². The highest BCUT2D eigenvalue weighted by atomic mass is 35.5. The van der Waals surface area contributed by atoms with Crippen LogP contribution in [0.3, 0.4) is 0 Å². The van der Waals surface area contributed by atoms with E-state index in [0.717, 1.165) is 0 Å². The van der Waals surface area contributed by atoms with Crippen molar-refractivity contribution in [3.8, 4) is 0 Å². The van der Waals surface area contributed by atoms with Crippen molar-refractivity contribution in [1.82, 2.24) is 6.15 Å². The summed E-state index contributed by atoms with van der Waals surface area (Å²) in [5.41, 5.74) is 4.43. The predicted molar refractivity (Wildman–Crippen MR) is 141 cm³/mol. The fraction of sp³-hybridized carbons (Fsp3) is 0.714. The van der Waals surface area contributed by atoms with E-state index in [1.165, 1.54) is 120 Å². The average Bonchev–Trinajstić information content (AvgIpc) is 2.73. The van der Waals surface area contributed by atoms with Crippen LogP contribution in [0, 0.1) is 0 Å². The monoisotopic (exact) mass is 437 g/mol. The molecule has 3 N–H and O–H groups in total. The van der Waals surface area contributed by atoms with Gasteiger partial charge in [0, 0.05) is 0 Å². The maximum Gasteiger partial charge on any atom is -0.0228 e. The number of hydrogen-bond donors (Lipinski definition) is 1. The highest BCUT2D eigenvalue weighted by molar-refractivity contribution is 5.85. The van der Waals surface area contributed by atoms with Crippen molar-refractivity contribution < 1.29 is 0 Å². The fourth-order valence-electron chi connectivity index (χ4n) is 4.06. The van der Waals surface area contributed by atoms with E-state index in [2.05, 4.69) is 51.1 Å². The van der Waals surface area contributed by atoms with E-state index in [1.54, 1.807) is 5.57 Å². The summed E-state index contributed by atoms with van der Waals surface area (Å²) in [4.78, 5) is 0. The van der Waals surface area contributed by atoms with E-state index < -0.39 is 0 Å². The summed E-state index contributed by atoms with van der Waals surface area (Å²) in [6.07, 6.45) is 24.4. The fourth-order valence-corrected chi connectivity index (χ4v) is 4.06. The van der Waals surface area contributed by atoms with Crippen LogP contribution in [0.4, 0.5) is 0 Å². The Kier molecular flexibility index (Phi) is 24.0. The first-order valence-corrected chi connectivity index (χ1v) is 12.5. The third-order valence-electron chi connectivity index (χ3n) is 6.25. The molecule has 176 valence electrons. The van der Waals surface area contributed by atoms with Gasteiger partial charge in [0.1, 0.15) is 0 Å². The minimum atomic E-state index is 0. The van der Waals surface area contributed by atoms with Gasteiger partial charge in [-0.2, -0.15) is 0 Å². The zero-order chi connectivity index (χ0) is 20.3. The van der Waals surface area contributed by atoms with Crippen molar-refractivity contribution in [2.75, 3.05) is 0 Å². The Labute approximate surface area is 195 Å². The number of benzene rings is 1. The molecule has 1 aromatic rings. The van der Waals surface area contributed by atoms with Crippen LogP contribution in [0.2, 0.25) is 0 Å². The van der Waals surface area contributed by atoms with Crippen LogP contribution in [-0.4, -0.2) is 0 Å². The molecule has 0 aromatic heterocycles. The summed E-state index contributed by atoms with van der Waals surface area (Å²) in [5, 5.41) is 0. The molecule has 1 nitrogen and oxygen atoms in total. The van der Waals surface area contributed by atoms with Gasteiger partial charge in [0.15, 0.2) is 0 Å². The summed E-state index contributed by atoms with van der Waals surface area (Å²) in [6, 6.07) is 10.8. The summed E-state index contributed by atoms with van der Waals surface area (Å²) >= 11 is 0. The van der Waals surface area contributed by atoms with Crippen LogP contribution in [0.1, 0.15) is 135 Å². The third kappa shape index (κ3) is 16.9. The van der Waals surface area contributed by atoms with Crippen LogP contribution < -0.4 is 6.15 Å². The molecule has 30 heavy (non-hydrogen) atoms. The molecule has 0 aliphatic rings. The van der Waals surface area contributed by atoms with E-state index in [0.29, 0.717) is 0 Å². The largest absolute Gasteiger partial charge is 0.344 e. The Morgan fingerprint density at radius 1 is 0.567 bits per heavy atom. The van der Waals surface area contributed by atoms with Gasteiger partial charge in [-0.05, 0) is 37.8 Å². The lowest BCUT2D eigenvalue weighted by molar-refractivity contribution is 0.529. The van der Waals surface area contributed by atoms with E-state index in [4.69, 9.17) is 0 Å². The zero-order valence-electron chi connectivity index (χ0n) is 20.5. The standard InChI is InChI=1S/C28H48.ClH.H3N/c1-4-5-6-7-8-9-10-11-12-13-14-15-16-17-18-20-23-26(2)27(3)28-24-21-19-22-25-28;;/h19,21-22,24-25H,4-18,20,23H2,1-3H3;1H;1H3. The maximum absolute atomic E-state index is 2.31. The molecule has 0 unspecified atom stereocenters. The number of unbranched alkanes of at least 4 members (excludes halogenated alkanes) is 15. The van der Waals surface area contributed by atoms with E-state index >= 15 is 0 Å². The molecule has 0 aliphatic carbocycles. The van der Waals surface area contributed by atoms with Gasteiger partial charge in [-0.25, -0.2) is 0 Å². The average molecular weight is 438 g/mol. The minimum Gasteiger partial charge on any atom is -0.344 e. The van der Waals surface area contributed by atoms with Gasteiger partial charge >= 0.3 is 0 Å². The lowest BCUT2D eigenvalue weighted by Gasteiger charge is -2.08. The SMILES string of the molecule is CCCCCCCCCCCCCCCCCCC(C)=C(C)c1ccccc1.Cl.N. The highest BCUT2D eigenvalue weighted by Gasteiger charge is 2.00. The van der Waals surface area contributed by atoms with Crippen LogP contribution >= 0.6 is 12.4 Å². The van der Waals surface area contributed by atoms with Crippen LogP contribution in [0.5, 0.6) is 0 Å². The predicted octanol–water partition coefficient (Wildman–Crippen LogP) is 10.7. The number of hydrogen-bond acceptors (Lipinski definition) is 1. The van der Waals surface area contributed by atoms with Crippen molar-refractivity contribution >= 4 is 18.0 Å². The molecule has 0 heterocycles. The molecule has 0 fully saturated rings. The summed E-state index contributed by atoms with van der Waals surface area (Å²) in [5.74, 6) is 0. The van der Waals surface area contributed by atoms with Gasteiger partial charge in [-0.15, -0.1) is 12.4 Å². The molecule has 0 bridgehead atoms. The summed E-state index contributed by atoms with van der Waals surface area (Å²) in [6.45, 7) is 6.89. The smallest absolute Gasteiger partial charge is 0.0228 e. The second-order valence-corrected chi connectivity index (χ2v) is 8.82. The molecule has 0 spiro atoms. The molecule has 0 saturated carbocycles. The van der Waals surface area contributed by atoms with E-state index in [-0.39, 0.29) is 18.6 Å². The molecule has 2 heteroatoms. The van der Waals surface area contributed by atoms with Crippen molar-refractivity contribution in [3.05, 3.63) is 41.5 Å². The molecular weight excluding hydrogens is 386 g/mol. The number of rotatable bonds is 18. The van der Waals surface area contributed by atoms with E-state index in [9.17, 15) is 0 Å². The molecule has 0 atom stereocenters. The second-order valence-electron chi connectivity index (χ2n) is 8.82. The lowest BCUT2D eigenvalue weighted by Crippen LogP contribution is -1.87. The molecule has 1 aromatic carbocycles. The van der Waals surface area contributed by atoms with Gasteiger partial charge in [-0.1, -0.05) is 139 Å². The van der Waals surface area contributed by atoms with Gasteiger partial charge in [0.2, 0.25) is 0 Å². The Morgan fingerprint density at radius 3 is 1.33 bits per heavy atom. The molecule has 1 rings (SSSR count). The first-order valence-electron chi connectivity index (χ1n) is 12.5. The second kappa shape index (κ2) is 22.9. The normalized spacial score (nSPS) is 11.4. The van der Waals surface area contributed by atoms with Gasteiger partial charge < -0.3 is 6.15 Å². The molecule has 0 aliphatic heterocycles. The first-order chi connectivity index (χ1) is 13.8. The maximum atomic E-state index is 2.31. The van der Waals surface area contributed by atoms with Gasteiger partial charge in [-0.3, -0.25) is 0 Å². The van der Waals surface area contributed by atoms with Crippen molar-refractivity contribution in [1.29, 1.82) is 0 Å².